The predicted octanol–water partition coefficient (Wildman–Crippen LogP) is 5.38. The highest BCUT2D eigenvalue weighted by atomic mass is 35.5. The van der Waals surface area contributed by atoms with Crippen molar-refractivity contribution in [2.45, 2.75) is 39.2 Å². The molecule has 0 unspecified atom stereocenters. The van der Waals surface area contributed by atoms with Crippen LogP contribution in [0.4, 0.5) is 0 Å². The molecular weight excluding hydrogens is 440 g/mol. The van der Waals surface area contributed by atoms with Gasteiger partial charge in [-0.05, 0) is 47.4 Å². The zero-order chi connectivity index (χ0) is 23.8. The Labute approximate surface area is 198 Å². The molecule has 2 aromatic rings. The van der Waals surface area contributed by atoms with Gasteiger partial charge in [0.15, 0.2) is 5.78 Å². The van der Waals surface area contributed by atoms with Crippen molar-refractivity contribution in [2.75, 3.05) is 7.11 Å². The Bertz CT molecular complexity index is 1210. The number of methoxy groups -OCH3 is 1. The second kappa shape index (κ2) is 8.84. The molecule has 0 amide bonds. The van der Waals surface area contributed by atoms with Crippen LogP contribution in [0.25, 0.3) is 0 Å². The number of rotatable bonds is 5. The lowest BCUT2D eigenvalue weighted by atomic mass is 9.70. The first-order chi connectivity index (χ1) is 15.7. The summed E-state index contributed by atoms with van der Waals surface area (Å²) in [5.74, 6) is 1.27. The molecule has 2 N–H and O–H groups in total. The first kappa shape index (κ1) is 22.8. The van der Waals surface area contributed by atoms with Crippen LogP contribution in [-0.4, -0.2) is 12.9 Å². The topological polar surface area (TPSA) is 94.6 Å². The molecule has 1 aliphatic carbocycles. The van der Waals surface area contributed by atoms with Gasteiger partial charge < -0.3 is 19.9 Å². The maximum Gasteiger partial charge on any atom is 0.205 e. The molecule has 0 aromatic heterocycles. The van der Waals surface area contributed by atoms with Gasteiger partial charge in [-0.25, -0.2) is 0 Å². The van der Waals surface area contributed by atoms with E-state index >= 15 is 0 Å². The van der Waals surface area contributed by atoms with Crippen molar-refractivity contribution in [2.24, 2.45) is 11.1 Å². The summed E-state index contributed by atoms with van der Waals surface area (Å²) in [6, 6.07) is 14.8. The average Bonchev–Trinajstić information content (AvgIpc) is 2.76. The summed E-state index contributed by atoms with van der Waals surface area (Å²) >= 11 is 5.95. The highest BCUT2D eigenvalue weighted by Gasteiger charge is 2.43. The SMILES string of the molecule is COc1ccc([C@@H]2C(C#N)=C(N)OC3=C2C(=O)CC(C)(C)C3)cc1COc1ccc(Cl)cc1. The largest absolute Gasteiger partial charge is 0.496 e. The maximum absolute atomic E-state index is 13.2. The molecule has 2 aliphatic rings. The van der Waals surface area contributed by atoms with E-state index in [4.69, 9.17) is 31.5 Å². The predicted molar refractivity (Wildman–Crippen MR) is 124 cm³/mol. The van der Waals surface area contributed by atoms with Crippen LogP contribution >= 0.6 is 11.6 Å². The van der Waals surface area contributed by atoms with Crippen LogP contribution in [0.5, 0.6) is 11.5 Å². The van der Waals surface area contributed by atoms with Gasteiger partial charge in [0.1, 0.15) is 35.5 Å². The minimum absolute atomic E-state index is 0.0266. The summed E-state index contributed by atoms with van der Waals surface area (Å²) in [5, 5.41) is 10.5. The Morgan fingerprint density at radius 1 is 1.21 bits per heavy atom. The number of allylic oxidation sites excluding steroid dienone is 3. The number of nitrogens with zero attached hydrogens (tertiary/aromatic N) is 1. The number of ether oxygens (including phenoxy) is 3. The third kappa shape index (κ3) is 4.55. The van der Waals surface area contributed by atoms with Crippen LogP contribution in [0, 0.1) is 16.7 Å². The highest BCUT2D eigenvalue weighted by molar-refractivity contribution is 6.30. The summed E-state index contributed by atoms with van der Waals surface area (Å²) in [6.07, 6.45) is 0.958. The number of Topliss-reactive ketones (excluding diaryl/α,β-unsaturated/α-hetero) is 1. The number of benzene rings is 2. The molecule has 0 saturated carbocycles. The van der Waals surface area contributed by atoms with Gasteiger partial charge in [0.05, 0.1) is 13.0 Å². The second-order valence-electron chi connectivity index (χ2n) is 9.02. The molecule has 0 bridgehead atoms. The van der Waals surface area contributed by atoms with Gasteiger partial charge in [-0.2, -0.15) is 5.26 Å². The minimum atomic E-state index is -0.595. The van der Waals surface area contributed by atoms with Crippen molar-refractivity contribution in [1.82, 2.24) is 0 Å². The number of hydrogen-bond donors (Lipinski definition) is 1. The molecule has 0 radical (unpaired) electrons. The van der Waals surface area contributed by atoms with Gasteiger partial charge in [-0.15, -0.1) is 0 Å². The van der Waals surface area contributed by atoms with Gasteiger partial charge in [-0.3, -0.25) is 4.79 Å². The molecule has 1 aliphatic heterocycles. The number of carbonyl (C=O) groups excluding carboxylic acids is 1. The van der Waals surface area contributed by atoms with Gasteiger partial charge in [0, 0.05) is 29.0 Å². The van der Waals surface area contributed by atoms with Crippen molar-refractivity contribution in [1.29, 1.82) is 5.26 Å². The average molecular weight is 465 g/mol. The molecule has 1 heterocycles. The molecule has 7 heteroatoms. The van der Waals surface area contributed by atoms with E-state index in [2.05, 4.69) is 6.07 Å². The minimum Gasteiger partial charge on any atom is -0.496 e. The Balaban J connectivity index is 1.74. The molecule has 0 fully saturated rings. The van der Waals surface area contributed by atoms with Gasteiger partial charge in [0.2, 0.25) is 5.88 Å². The third-order valence-corrected chi connectivity index (χ3v) is 6.17. The smallest absolute Gasteiger partial charge is 0.205 e. The standard InChI is InChI=1S/C26H25ClN2O4/c1-26(2)11-20(30)24-22(12-26)33-25(29)19(13-28)23(24)15-4-9-21(31-3)16(10-15)14-32-18-7-5-17(27)6-8-18/h4-10,23H,11-12,14,29H2,1-3H3/t23-/m1/s1. The van der Waals surface area contributed by atoms with E-state index in [1.54, 1.807) is 31.4 Å². The Morgan fingerprint density at radius 2 is 1.94 bits per heavy atom. The second-order valence-corrected chi connectivity index (χ2v) is 9.45. The van der Waals surface area contributed by atoms with E-state index in [0.29, 0.717) is 40.7 Å². The Kier molecular flexibility index (Phi) is 6.09. The van der Waals surface area contributed by atoms with Crippen LogP contribution < -0.4 is 15.2 Å². The fourth-order valence-corrected chi connectivity index (χ4v) is 4.53. The molecule has 1 atom stereocenters. The summed E-state index contributed by atoms with van der Waals surface area (Å²) in [7, 11) is 1.58. The molecule has 4 rings (SSSR count). The van der Waals surface area contributed by atoms with Gasteiger partial charge in [0.25, 0.3) is 0 Å². The van der Waals surface area contributed by atoms with Crippen molar-refractivity contribution in [3.8, 4) is 17.6 Å². The Morgan fingerprint density at radius 3 is 2.61 bits per heavy atom. The van der Waals surface area contributed by atoms with E-state index in [-0.39, 0.29) is 29.3 Å². The van der Waals surface area contributed by atoms with Crippen LogP contribution in [0.2, 0.25) is 5.02 Å². The lowest BCUT2D eigenvalue weighted by molar-refractivity contribution is -0.119. The Hall–Kier alpha value is -3.43. The van der Waals surface area contributed by atoms with E-state index in [9.17, 15) is 10.1 Å². The van der Waals surface area contributed by atoms with Crippen LogP contribution in [-0.2, 0) is 16.1 Å². The lowest BCUT2D eigenvalue weighted by Gasteiger charge is -2.37. The van der Waals surface area contributed by atoms with Crippen LogP contribution in [0.15, 0.2) is 65.3 Å². The van der Waals surface area contributed by atoms with Gasteiger partial charge in [-0.1, -0.05) is 31.5 Å². The zero-order valence-electron chi connectivity index (χ0n) is 18.8. The molecule has 0 saturated heterocycles. The molecular formula is C26H25ClN2O4. The van der Waals surface area contributed by atoms with E-state index in [0.717, 1.165) is 11.1 Å². The molecule has 0 spiro atoms. The summed E-state index contributed by atoms with van der Waals surface area (Å²) in [4.78, 5) is 13.2. The first-order valence-corrected chi connectivity index (χ1v) is 11.0. The number of nitrogens with two attached hydrogens (primary N) is 1. The quantitative estimate of drug-likeness (QED) is 0.638. The van der Waals surface area contributed by atoms with Crippen LogP contribution in [0.1, 0.15) is 43.7 Å². The van der Waals surface area contributed by atoms with Crippen molar-refractivity contribution < 1.29 is 19.0 Å². The summed E-state index contributed by atoms with van der Waals surface area (Å²) in [6.45, 7) is 4.27. The number of halogens is 1. The summed E-state index contributed by atoms with van der Waals surface area (Å²) in [5.41, 5.74) is 8.17. The van der Waals surface area contributed by atoms with Crippen molar-refractivity contribution in [3.05, 3.63) is 81.4 Å². The summed E-state index contributed by atoms with van der Waals surface area (Å²) < 4.78 is 17.2. The maximum atomic E-state index is 13.2. The normalized spacial score (nSPS) is 19.5. The molecule has 170 valence electrons. The highest BCUT2D eigenvalue weighted by Crippen LogP contribution is 2.48. The molecule has 2 aromatic carbocycles. The molecule has 6 nitrogen and oxygen atoms in total. The van der Waals surface area contributed by atoms with Crippen LogP contribution in [0.3, 0.4) is 0 Å². The monoisotopic (exact) mass is 464 g/mol. The van der Waals surface area contributed by atoms with Gasteiger partial charge >= 0.3 is 0 Å². The third-order valence-electron chi connectivity index (χ3n) is 5.92. The van der Waals surface area contributed by atoms with Crippen molar-refractivity contribution in [3.63, 3.8) is 0 Å². The number of nitriles is 1. The first-order valence-electron chi connectivity index (χ1n) is 10.6. The fraction of sp³-hybridized carbons (Fsp3) is 0.308. The van der Waals surface area contributed by atoms with Crippen molar-refractivity contribution >= 4 is 17.4 Å². The fourth-order valence-electron chi connectivity index (χ4n) is 4.40. The lowest BCUT2D eigenvalue weighted by Crippen LogP contribution is -2.33. The van der Waals surface area contributed by atoms with E-state index in [1.807, 2.05) is 32.0 Å². The number of carbonyl (C=O) groups is 1. The molecule has 33 heavy (non-hydrogen) atoms. The number of hydrogen-bond acceptors (Lipinski definition) is 6. The zero-order valence-corrected chi connectivity index (χ0v) is 19.5. The van der Waals surface area contributed by atoms with E-state index in [1.165, 1.54) is 0 Å². The van der Waals surface area contributed by atoms with E-state index < -0.39 is 5.92 Å². The number of ketones is 1.